The van der Waals surface area contributed by atoms with Crippen molar-refractivity contribution in [1.29, 1.82) is 0 Å². The first-order chi connectivity index (χ1) is 18.4. The first-order valence-corrected chi connectivity index (χ1v) is 13.6. The summed E-state index contributed by atoms with van der Waals surface area (Å²) >= 11 is 11.8. The maximum Gasteiger partial charge on any atom is 1.00 e. The van der Waals surface area contributed by atoms with Gasteiger partial charge in [-0.05, 0) is 24.1 Å². The largest absolute Gasteiger partial charge is 1.00 e. The van der Waals surface area contributed by atoms with Crippen LogP contribution in [0.4, 0.5) is 4.79 Å². The molecule has 3 atom stereocenters. The summed E-state index contributed by atoms with van der Waals surface area (Å²) in [5.41, 5.74) is -0.676. The van der Waals surface area contributed by atoms with Crippen LogP contribution < -0.4 is 74.9 Å². The molecule has 0 aromatic heterocycles. The Bertz CT molecular complexity index is 1330. The van der Waals surface area contributed by atoms with Crippen molar-refractivity contribution in [3.8, 4) is 0 Å². The van der Waals surface area contributed by atoms with Crippen molar-refractivity contribution in [3.05, 3.63) is 45.1 Å². The van der Waals surface area contributed by atoms with Gasteiger partial charge in [0.2, 0.25) is 5.91 Å². The zero-order valence-electron chi connectivity index (χ0n) is 21.8. The number of hydrogen-bond acceptors (Lipinski definition) is 11. The smallest absolute Gasteiger partial charge is 0.637 e. The van der Waals surface area contributed by atoms with E-state index in [1.807, 2.05) is 0 Å². The Morgan fingerprint density at radius 2 is 1.93 bits per heavy atom. The number of β-lactam (4-membered cyclic amide) rings is 1. The molecule has 3 rings (SSSR count). The number of carboxylic acid groups (broad SMARTS) is 1. The fourth-order valence-corrected chi connectivity index (χ4v) is 6.48. The number of hydrogen-bond donors (Lipinski definition) is 3. The van der Waals surface area contributed by atoms with E-state index < -0.39 is 75.0 Å². The fourth-order valence-electron chi connectivity index (χ4n) is 4.00. The Balaban J connectivity index is 0.00000420. The van der Waals surface area contributed by atoms with Gasteiger partial charge in [0.05, 0.1) is 24.0 Å². The van der Waals surface area contributed by atoms with Crippen LogP contribution in [0.1, 0.15) is 24.8 Å². The van der Waals surface area contributed by atoms with Gasteiger partial charge < -0.3 is 34.6 Å². The van der Waals surface area contributed by atoms with Crippen LogP contribution >= 0.6 is 23.2 Å². The molecule has 2 aliphatic heterocycles. The van der Waals surface area contributed by atoms with Gasteiger partial charge >= 0.3 is 65.2 Å². The Morgan fingerprint density at radius 3 is 2.51 bits per heavy atom. The number of halogens is 2. The number of carbonyl (C=O) groups is 4. The monoisotopic (exact) mass is 651 g/mol. The molecular weight excluding hydrogens is 631 g/mol. The number of ether oxygens (including phenoxy) is 2. The minimum Gasteiger partial charge on any atom is -0.637 e. The van der Waals surface area contributed by atoms with Crippen LogP contribution in [-0.2, 0) is 45.1 Å². The number of aliphatic carboxylic acids is 1. The van der Waals surface area contributed by atoms with Crippen molar-refractivity contribution < 1.29 is 111 Å². The van der Waals surface area contributed by atoms with E-state index in [-0.39, 0.29) is 90.0 Å². The van der Waals surface area contributed by atoms with Crippen LogP contribution in [0.2, 0.25) is 10.0 Å². The molecule has 212 valence electrons. The third kappa shape index (κ3) is 9.29. The number of carboxylic acids is 1. The number of sulfone groups is 1. The number of benzene rings is 1. The summed E-state index contributed by atoms with van der Waals surface area (Å²) in [5.74, 6) is -4.41. The first-order valence-electron chi connectivity index (χ1n) is 11.2. The molecule has 2 heterocycles. The molecule has 0 aliphatic carbocycles. The molecule has 2 aliphatic rings. The quantitative estimate of drug-likeness (QED) is 0.0837. The average molecular weight is 652 g/mol. The van der Waals surface area contributed by atoms with Crippen LogP contribution in [0.5, 0.6) is 0 Å². The molecule has 1 fully saturated rings. The van der Waals surface area contributed by atoms with Crippen LogP contribution in [0.25, 0.3) is 0 Å². The summed E-state index contributed by atoms with van der Waals surface area (Å²) < 4.78 is 34.8. The first kappa shape index (κ1) is 37.6. The van der Waals surface area contributed by atoms with E-state index in [2.05, 4.69) is 15.4 Å². The van der Waals surface area contributed by atoms with Crippen molar-refractivity contribution in [2.24, 2.45) is 0 Å². The van der Waals surface area contributed by atoms with E-state index in [1.165, 1.54) is 12.5 Å². The maximum atomic E-state index is 12.6. The minimum atomic E-state index is -4.12. The average Bonchev–Trinajstić information content (AvgIpc) is 2.85. The number of aliphatic hydroxyl groups excluding tert-OH is 1. The van der Waals surface area contributed by atoms with E-state index in [1.54, 1.807) is 12.1 Å². The molecule has 1 saturated heterocycles. The summed E-state index contributed by atoms with van der Waals surface area (Å²) in [4.78, 5) is 59.5. The maximum absolute atomic E-state index is 12.6. The number of carbonyl (C=O) groups excluding carboxylic acids is 5. The molecule has 14 nitrogen and oxygen atoms in total. The number of alkyl carbamates (subject to hydrolysis) is 1. The molecule has 41 heavy (non-hydrogen) atoms. The van der Waals surface area contributed by atoms with Crippen LogP contribution in [0.15, 0.2) is 29.5 Å². The van der Waals surface area contributed by atoms with Crippen molar-refractivity contribution in [1.82, 2.24) is 15.5 Å². The molecule has 1 aromatic rings. The second kappa shape index (κ2) is 16.4. The number of nitrogens with one attached hydrogen (secondary N) is 2. The summed E-state index contributed by atoms with van der Waals surface area (Å²) in [6, 6.07) is 3.02. The predicted octanol–water partition coefficient (Wildman–Crippen LogP) is -7.11. The standard InChI is InChI=1S/C22H22Cl2N3O11S.2Na/c23-13-5-4-11(14(24)6-13)8-37-22(34)26-16(38-10-29)3-1-2-15(30)25-17-19(31)27-18(21(32)33)12(7-28)9-39(35,36)20(17)27;;/h4-6,16-17,20,28H,1-3,7-9H2,(H,25,30)(H,26,34)(H,32,33);;/q-1;2*+1/p-1/t16?,17-,20-;;/m0../s1. The minimum absolute atomic E-state index is 0. The summed E-state index contributed by atoms with van der Waals surface area (Å²) in [5, 5.41) is 24.2. The van der Waals surface area contributed by atoms with Gasteiger partial charge in [-0.3, -0.25) is 19.8 Å². The molecule has 3 N–H and O–H groups in total. The molecule has 1 unspecified atom stereocenters. The van der Waals surface area contributed by atoms with E-state index in [0.717, 1.165) is 0 Å². The third-order valence-electron chi connectivity index (χ3n) is 5.78. The van der Waals surface area contributed by atoms with E-state index in [4.69, 9.17) is 27.9 Å². The molecule has 3 amide bonds. The zero-order chi connectivity index (χ0) is 28.9. The van der Waals surface area contributed by atoms with Gasteiger partial charge in [-0.25, -0.2) is 13.2 Å². The Hall–Kier alpha value is -1.40. The van der Waals surface area contributed by atoms with E-state index >= 15 is 0 Å². The zero-order valence-corrected chi connectivity index (χ0v) is 28.2. The molecule has 0 spiro atoms. The molecule has 1 aromatic carbocycles. The van der Waals surface area contributed by atoms with Gasteiger partial charge in [-0.2, -0.15) is 0 Å². The van der Waals surface area contributed by atoms with Crippen LogP contribution in [-0.4, -0.2) is 78.8 Å². The number of fused-ring (bicyclic) bond motifs is 1. The number of nitrogens with zero attached hydrogens (tertiary/aromatic N) is 1. The van der Waals surface area contributed by atoms with Gasteiger partial charge in [0.25, 0.3) is 5.91 Å². The number of amides is 3. The topological polar surface area (TPSA) is 209 Å². The number of rotatable bonds is 12. The summed E-state index contributed by atoms with van der Waals surface area (Å²) in [7, 11) is -4.12. The molecule has 19 heteroatoms. The summed E-state index contributed by atoms with van der Waals surface area (Å²) in [6.45, 7) is 0.0457. The number of aliphatic hydroxyl groups is 1. The van der Waals surface area contributed by atoms with Crippen molar-refractivity contribution >= 4 is 63.4 Å². The Morgan fingerprint density at radius 1 is 1.24 bits per heavy atom. The van der Waals surface area contributed by atoms with Gasteiger partial charge in [0, 0.05) is 28.5 Å². The van der Waals surface area contributed by atoms with Crippen molar-refractivity contribution in [2.45, 2.75) is 43.5 Å². The summed E-state index contributed by atoms with van der Waals surface area (Å²) in [6.07, 6.45) is -2.55. The van der Waals surface area contributed by atoms with Crippen LogP contribution in [0, 0.1) is 0 Å². The van der Waals surface area contributed by atoms with Gasteiger partial charge in [-0.1, -0.05) is 35.7 Å². The van der Waals surface area contributed by atoms with Crippen molar-refractivity contribution in [3.63, 3.8) is 0 Å². The van der Waals surface area contributed by atoms with Gasteiger partial charge in [0.1, 0.15) is 18.9 Å². The van der Waals surface area contributed by atoms with Gasteiger partial charge in [0.15, 0.2) is 15.2 Å². The second-order valence-electron chi connectivity index (χ2n) is 8.39. The predicted molar refractivity (Wildman–Crippen MR) is 130 cm³/mol. The van der Waals surface area contributed by atoms with E-state index in [9.17, 15) is 42.6 Å². The molecule has 0 radical (unpaired) electrons. The Kier molecular flexibility index (Phi) is 15.1. The fraction of sp³-hybridized carbons (Fsp3) is 0.409. The Labute approximate surface area is 288 Å². The normalized spacial score (nSPS) is 19.3. The molecular formula is C22H21Cl2N3Na2O11S. The van der Waals surface area contributed by atoms with Crippen molar-refractivity contribution in [2.75, 3.05) is 12.4 Å². The second-order valence-corrected chi connectivity index (χ2v) is 11.3. The SMILES string of the molecule is O=[C-]OC(CCCC(=O)N[C@H]1C(=O)N2C(C(=O)[O-])=C(CO)CS(=O)(=O)[C@@H]12)NC(=O)OCc1ccc(Cl)cc1Cl.[Na+].[Na+]. The third-order valence-corrected chi connectivity index (χ3v) is 8.33. The van der Waals surface area contributed by atoms with E-state index in [0.29, 0.717) is 15.5 Å². The molecule has 0 saturated carbocycles. The molecule has 0 bridgehead atoms. The van der Waals surface area contributed by atoms with Gasteiger partial charge in [-0.15, -0.1) is 0 Å². The van der Waals surface area contributed by atoms with Crippen LogP contribution in [0.3, 0.4) is 0 Å².